The zero-order chi connectivity index (χ0) is 8.65. The van der Waals surface area contributed by atoms with Gasteiger partial charge in [-0.1, -0.05) is 0 Å². The van der Waals surface area contributed by atoms with Crippen molar-refractivity contribution >= 4 is 0 Å². The van der Waals surface area contributed by atoms with Crippen molar-refractivity contribution in [3.05, 3.63) is 17.2 Å². The molecule has 3 nitrogen and oxygen atoms in total. The maximum absolute atomic E-state index is 9.53. The number of hydrogen-bond donors (Lipinski definition) is 2. The highest BCUT2D eigenvalue weighted by atomic mass is 16.3. The maximum atomic E-state index is 9.53. The van der Waals surface area contributed by atoms with Crippen molar-refractivity contribution in [1.29, 1.82) is 0 Å². The van der Waals surface area contributed by atoms with Crippen molar-refractivity contribution in [3.63, 3.8) is 0 Å². The first-order chi connectivity index (χ1) is 4.91. The second kappa shape index (κ2) is 2.34. The summed E-state index contributed by atoms with van der Waals surface area (Å²) in [6.07, 6.45) is 0. The Labute approximate surface area is 66.5 Å². The fourth-order valence-electron chi connectivity index (χ4n) is 0.837. The van der Waals surface area contributed by atoms with E-state index in [2.05, 4.69) is 9.97 Å². The molecule has 62 valence electrons. The minimum absolute atomic E-state index is 0.632. The van der Waals surface area contributed by atoms with Crippen LogP contribution in [0.5, 0.6) is 0 Å². The maximum Gasteiger partial charge on any atom is 0.138 e. The molecule has 0 saturated carbocycles. The summed E-state index contributed by atoms with van der Waals surface area (Å²) in [4.78, 5) is 7.20. The topological polar surface area (TPSA) is 48.9 Å². The minimum atomic E-state index is -0.862. The summed E-state index contributed by atoms with van der Waals surface area (Å²) in [5, 5.41) is 9.53. The molecule has 0 amide bonds. The van der Waals surface area contributed by atoms with Crippen LogP contribution in [-0.4, -0.2) is 15.1 Å². The number of aryl methyl sites for hydroxylation is 2. The Morgan fingerprint density at radius 2 is 1.91 bits per heavy atom. The summed E-state index contributed by atoms with van der Waals surface area (Å²) >= 11 is 0. The summed E-state index contributed by atoms with van der Waals surface area (Å²) in [6.45, 7) is 7.29. The Morgan fingerprint density at radius 3 is 2.09 bits per heavy atom. The number of hydrogen-bond acceptors (Lipinski definition) is 2. The van der Waals surface area contributed by atoms with Crippen LogP contribution >= 0.6 is 0 Å². The number of nitrogens with one attached hydrogen (secondary N) is 1. The molecule has 0 fully saturated rings. The normalized spacial score (nSPS) is 12.1. The van der Waals surface area contributed by atoms with Crippen LogP contribution in [0.1, 0.15) is 31.1 Å². The summed E-state index contributed by atoms with van der Waals surface area (Å²) in [5.74, 6) is 0.632. The van der Waals surface area contributed by atoms with Gasteiger partial charge < -0.3 is 10.1 Å². The molecule has 0 aromatic carbocycles. The third-order valence-electron chi connectivity index (χ3n) is 1.71. The van der Waals surface area contributed by atoms with Gasteiger partial charge in [0.1, 0.15) is 11.4 Å². The van der Waals surface area contributed by atoms with Crippen molar-refractivity contribution < 1.29 is 5.11 Å². The fraction of sp³-hybridized carbons (Fsp3) is 0.625. The number of rotatable bonds is 1. The van der Waals surface area contributed by atoms with Crippen LogP contribution in [0, 0.1) is 13.8 Å². The molecule has 0 aliphatic carbocycles. The zero-order valence-electron chi connectivity index (χ0n) is 7.39. The SMILES string of the molecule is Cc1nc(C(C)(C)O)[nH]c1C. The summed E-state index contributed by atoms with van der Waals surface area (Å²) in [6, 6.07) is 0. The van der Waals surface area contributed by atoms with Gasteiger partial charge in [-0.3, -0.25) is 0 Å². The molecule has 0 bridgehead atoms. The Kier molecular flexibility index (Phi) is 1.76. The van der Waals surface area contributed by atoms with E-state index >= 15 is 0 Å². The lowest BCUT2D eigenvalue weighted by Gasteiger charge is -2.12. The summed E-state index contributed by atoms with van der Waals surface area (Å²) in [7, 11) is 0. The number of H-pyrrole nitrogens is 1. The molecule has 1 aromatic heterocycles. The summed E-state index contributed by atoms with van der Waals surface area (Å²) < 4.78 is 0. The molecular weight excluding hydrogens is 140 g/mol. The first-order valence-corrected chi connectivity index (χ1v) is 3.67. The fourth-order valence-corrected chi connectivity index (χ4v) is 0.837. The van der Waals surface area contributed by atoms with Gasteiger partial charge in [-0.25, -0.2) is 4.98 Å². The molecule has 3 heteroatoms. The molecular formula is C8H14N2O. The number of nitrogens with zero attached hydrogens (tertiary/aromatic N) is 1. The highest BCUT2D eigenvalue weighted by molar-refractivity contribution is 5.13. The lowest BCUT2D eigenvalue weighted by Crippen LogP contribution is -2.17. The minimum Gasteiger partial charge on any atom is -0.383 e. The van der Waals surface area contributed by atoms with Gasteiger partial charge in [-0.2, -0.15) is 0 Å². The predicted molar refractivity (Wildman–Crippen MR) is 43.3 cm³/mol. The third-order valence-corrected chi connectivity index (χ3v) is 1.71. The van der Waals surface area contributed by atoms with Gasteiger partial charge in [0, 0.05) is 5.69 Å². The van der Waals surface area contributed by atoms with Crippen molar-refractivity contribution in [3.8, 4) is 0 Å². The molecule has 1 heterocycles. The number of aliphatic hydroxyl groups is 1. The Hall–Kier alpha value is -0.830. The Bertz CT molecular complexity index is 238. The van der Waals surface area contributed by atoms with Gasteiger partial charge >= 0.3 is 0 Å². The third kappa shape index (κ3) is 1.60. The van der Waals surface area contributed by atoms with E-state index in [9.17, 15) is 5.11 Å². The van der Waals surface area contributed by atoms with Gasteiger partial charge in [0.2, 0.25) is 0 Å². The van der Waals surface area contributed by atoms with Gasteiger partial charge in [-0.15, -0.1) is 0 Å². The van der Waals surface area contributed by atoms with Crippen LogP contribution in [0.3, 0.4) is 0 Å². The zero-order valence-corrected chi connectivity index (χ0v) is 7.39. The van der Waals surface area contributed by atoms with E-state index in [4.69, 9.17) is 0 Å². The smallest absolute Gasteiger partial charge is 0.138 e. The average molecular weight is 154 g/mol. The van der Waals surface area contributed by atoms with E-state index in [1.54, 1.807) is 13.8 Å². The highest BCUT2D eigenvalue weighted by Gasteiger charge is 2.20. The number of aromatic nitrogens is 2. The van der Waals surface area contributed by atoms with E-state index in [0.29, 0.717) is 5.82 Å². The van der Waals surface area contributed by atoms with E-state index in [1.165, 1.54) is 0 Å². The van der Waals surface area contributed by atoms with E-state index < -0.39 is 5.60 Å². The molecule has 0 aliphatic heterocycles. The van der Waals surface area contributed by atoms with Crippen LogP contribution in [-0.2, 0) is 5.60 Å². The monoisotopic (exact) mass is 154 g/mol. The van der Waals surface area contributed by atoms with Crippen molar-refractivity contribution in [2.45, 2.75) is 33.3 Å². The largest absolute Gasteiger partial charge is 0.383 e. The van der Waals surface area contributed by atoms with Gasteiger partial charge in [-0.05, 0) is 27.7 Å². The van der Waals surface area contributed by atoms with Crippen LogP contribution < -0.4 is 0 Å². The highest BCUT2D eigenvalue weighted by Crippen LogP contribution is 2.17. The first-order valence-electron chi connectivity index (χ1n) is 3.67. The molecule has 0 aliphatic rings. The average Bonchev–Trinajstić information content (AvgIpc) is 2.11. The second-order valence-electron chi connectivity index (χ2n) is 3.35. The lowest BCUT2D eigenvalue weighted by molar-refractivity contribution is 0.0695. The van der Waals surface area contributed by atoms with Gasteiger partial charge in [0.25, 0.3) is 0 Å². The lowest BCUT2D eigenvalue weighted by atomic mass is 10.1. The van der Waals surface area contributed by atoms with Crippen molar-refractivity contribution in [1.82, 2.24) is 9.97 Å². The molecule has 0 spiro atoms. The van der Waals surface area contributed by atoms with Crippen LogP contribution in [0.2, 0.25) is 0 Å². The van der Waals surface area contributed by atoms with Crippen molar-refractivity contribution in [2.24, 2.45) is 0 Å². The molecule has 1 rings (SSSR count). The molecule has 11 heavy (non-hydrogen) atoms. The van der Waals surface area contributed by atoms with Crippen LogP contribution in [0.25, 0.3) is 0 Å². The Balaban J connectivity index is 3.08. The first kappa shape index (κ1) is 8.27. The molecule has 0 radical (unpaired) electrons. The quantitative estimate of drug-likeness (QED) is 0.639. The van der Waals surface area contributed by atoms with Crippen molar-refractivity contribution in [2.75, 3.05) is 0 Å². The molecule has 0 atom stereocenters. The Morgan fingerprint density at radius 1 is 1.36 bits per heavy atom. The van der Waals surface area contributed by atoms with Crippen LogP contribution in [0.4, 0.5) is 0 Å². The molecule has 0 unspecified atom stereocenters. The molecule has 0 saturated heterocycles. The predicted octanol–water partition coefficient (Wildman–Crippen LogP) is 1.25. The number of aromatic amines is 1. The standard InChI is InChI=1S/C8H14N2O/c1-5-6(2)10-7(9-5)8(3,4)11/h11H,1-4H3,(H,9,10). The molecule has 1 aromatic rings. The van der Waals surface area contributed by atoms with Gasteiger partial charge in [0.05, 0.1) is 5.69 Å². The van der Waals surface area contributed by atoms with Gasteiger partial charge in [0.15, 0.2) is 0 Å². The van der Waals surface area contributed by atoms with E-state index in [1.807, 2.05) is 13.8 Å². The van der Waals surface area contributed by atoms with E-state index in [0.717, 1.165) is 11.4 Å². The van der Waals surface area contributed by atoms with Crippen LogP contribution in [0.15, 0.2) is 0 Å². The second-order valence-corrected chi connectivity index (χ2v) is 3.35. The van der Waals surface area contributed by atoms with E-state index in [-0.39, 0.29) is 0 Å². The number of imidazole rings is 1. The summed E-state index contributed by atoms with van der Waals surface area (Å²) in [5.41, 5.74) is 1.10. The molecule has 2 N–H and O–H groups in total.